The molecule has 0 atom stereocenters. The molecule has 2 aromatic rings. The second kappa shape index (κ2) is 7.36. The molecule has 124 valence electrons. The molecule has 0 saturated carbocycles. The molecule has 0 saturated heterocycles. The predicted octanol–water partition coefficient (Wildman–Crippen LogP) is 2.54. The monoisotopic (exact) mass is 327 g/mol. The fourth-order valence-electron chi connectivity index (χ4n) is 2.21. The van der Waals surface area contributed by atoms with Crippen molar-refractivity contribution in [3.8, 4) is 0 Å². The Kier molecular flexibility index (Phi) is 5.26. The van der Waals surface area contributed by atoms with E-state index in [-0.39, 0.29) is 16.8 Å². The number of aryl methyl sites for hydroxylation is 1. The van der Waals surface area contributed by atoms with Crippen molar-refractivity contribution in [1.82, 2.24) is 10.9 Å². The van der Waals surface area contributed by atoms with Gasteiger partial charge in [0.15, 0.2) is 0 Å². The Morgan fingerprint density at radius 3 is 2.25 bits per heavy atom. The molecule has 2 amide bonds. The fraction of sp³-hybridized carbons (Fsp3) is 0.176. The maximum Gasteiger partial charge on any atom is 0.273 e. The van der Waals surface area contributed by atoms with Gasteiger partial charge in [0.1, 0.15) is 0 Å². The minimum atomic E-state index is -0.616. The van der Waals surface area contributed by atoms with Crippen molar-refractivity contribution in [3.63, 3.8) is 0 Å². The molecule has 0 fully saturated rings. The van der Waals surface area contributed by atoms with Gasteiger partial charge in [-0.25, -0.2) is 0 Å². The van der Waals surface area contributed by atoms with Crippen LogP contribution in [-0.2, 0) is 6.42 Å². The maximum atomic E-state index is 12.1. The van der Waals surface area contributed by atoms with E-state index in [0.29, 0.717) is 5.56 Å². The SMILES string of the molecule is CCc1ccc(C(=O)NNC(=O)c2cccc([N+](=O)[O-])c2C)cc1. The van der Waals surface area contributed by atoms with Gasteiger partial charge in [0.05, 0.1) is 10.5 Å². The maximum absolute atomic E-state index is 12.1. The number of carbonyl (C=O) groups excluding carboxylic acids is 2. The van der Waals surface area contributed by atoms with E-state index in [1.807, 2.05) is 19.1 Å². The molecule has 2 N–H and O–H groups in total. The number of carbonyl (C=O) groups is 2. The molecule has 0 spiro atoms. The summed E-state index contributed by atoms with van der Waals surface area (Å²) < 4.78 is 0. The van der Waals surface area contributed by atoms with Crippen LogP contribution in [0.5, 0.6) is 0 Å². The summed E-state index contributed by atoms with van der Waals surface area (Å²) in [5, 5.41) is 10.9. The summed E-state index contributed by atoms with van der Waals surface area (Å²) in [5.74, 6) is -1.08. The zero-order chi connectivity index (χ0) is 17.7. The molecule has 7 nitrogen and oxygen atoms in total. The Labute approximate surface area is 138 Å². The van der Waals surface area contributed by atoms with Crippen molar-refractivity contribution in [2.75, 3.05) is 0 Å². The molecule has 24 heavy (non-hydrogen) atoms. The van der Waals surface area contributed by atoms with Crippen LogP contribution in [0, 0.1) is 17.0 Å². The van der Waals surface area contributed by atoms with E-state index >= 15 is 0 Å². The number of benzene rings is 2. The molecule has 2 rings (SSSR count). The highest BCUT2D eigenvalue weighted by molar-refractivity contribution is 6.00. The summed E-state index contributed by atoms with van der Waals surface area (Å²) in [6.45, 7) is 3.50. The highest BCUT2D eigenvalue weighted by atomic mass is 16.6. The predicted molar refractivity (Wildman–Crippen MR) is 88.6 cm³/mol. The topological polar surface area (TPSA) is 101 Å². The molecule has 0 unspecified atom stereocenters. The van der Waals surface area contributed by atoms with E-state index in [1.165, 1.54) is 25.1 Å². The average molecular weight is 327 g/mol. The Bertz CT molecular complexity index is 785. The molecule has 0 aliphatic heterocycles. The van der Waals surface area contributed by atoms with Gasteiger partial charge in [-0.05, 0) is 37.1 Å². The summed E-state index contributed by atoms with van der Waals surface area (Å²) in [6, 6.07) is 11.2. The molecule has 0 radical (unpaired) electrons. The van der Waals surface area contributed by atoms with Gasteiger partial charge in [-0.3, -0.25) is 30.6 Å². The third kappa shape index (κ3) is 3.75. The van der Waals surface area contributed by atoms with Gasteiger partial charge in [0, 0.05) is 17.2 Å². The lowest BCUT2D eigenvalue weighted by Gasteiger charge is -2.09. The third-order valence-corrected chi connectivity index (χ3v) is 3.66. The van der Waals surface area contributed by atoms with Crippen LogP contribution < -0.4 is 10.9 Å². The summed E-state index contributed by atoms with van der Waals surface area (Å²) in [6.07, 6.45) is 0.866. The number of nitrogens with one attached hydrogen (secondary N) is 2. The van der Waals surface area contributed by atoms with Gasteiger partial charge in [-0.2, -0.15) is 0 Å². The molecule has 0 heterocycles. The second-order valence-corrected chi connectivity index (χ2v) is 5.17. The van der Waals surface area contributed by atoms with Gasteiger partial charge < -0.3 is 0 Å². The second-order valence-electron chi connectivity index (χ2n) is 5.17. The number of nitrogens with zero attached hydrogens (tertiary/aromatic N) is 1. The van der Waals surface area contributed by atoms with E-state index in [2.05, 4.69) is 10.9 Å². The lowest BCUT2D eigenvalue weighted by molar-refractivity contribution is -0.385. The van der Waals surface area contributed by atoms with Gasteiger partial charge in [0.25, 0.3) is 17.5 Å². The third-order valence-electron chi connectivity index (χ3n) is 3.66. The van der Waals surface area contributed by atoms with Crippen molar-refractivity contribution in [3.05, 3.63) is 74.8 Å². The van der Waals surface area contributed by atoms with E-state index in [1.54, 1.807) is 12.1 Å². The van der Waals surface area contributed by atoms with Crippen LogP contribution in [-0.4, -0.2) is 16.7 Å². The lowest BCUT2D eigenvalue weighted by Crippen LogP contribution is -2.41. The molecule has 0 aliphatic rings. The van der Waals surface area contributed by atoms with E-state index in [0.717, 1.165) is 12.0 Å². The Morgan fingerprint density at radius 1 is 1.04 bits per heavy atom. The quantitative estimate of drug-likeness (QED) is 0.665. The van der Waals surface area contributed by atoms with Crippen molar-refractivity contribution < 1.29 is 14.5 Å². The Hall–Kier alpha value is -3.22. The van der Waals surface area contributed by atoms with E-state index in [4.69, 9.17) is 0 Å². The highest BCUT2D eigenvalue weighted by Crippen LogP contribution is 2.20. The van der Waals surface area contributed by atoms with Gasteiger partial charge >= 0.3 is 0 Å². The van der Waals surface area contributed by atoms with E-state index < -0.39 is 16.7 Å². The lowest BCUT2D eigenvalue weighted by atomic mass is 10.1. The molecule has 2 aromatic carbocycles. The zero-order valence-corrected chi connectivity index (χ0v) is 13.3. The Morgan fingerprint density at radius 2 is 1.67 bits per heavy atom. The number of rotatable bonds is 4. The standard InChI is InChI=1S/C17H17N3O4/c1-3-12-7-9-13(10-8-12)16(21)18-19-17(22)14-5-4-6-15(11(14)2)20(23)24/h4-10H,3H2,1-2H3,(H,18,21)(H,19,22). The van der Waals surface area contributed by atoms with Crippen LogP contribution in [0.15, 0.2) is 42.5 Å². The summed E-state index contributed by atoms with van der Waals surface area (Å²) in [5.41, 5.74) is 6.30. The first-order valence-corrected chi connectivity index (χ1v) is 7.37. The van der Waals surface area contributed by atoms with Crippen molar-refractivity contribution in [2.45, 2.75) is 20.3 Å². The number of hydrazine groups is 1. The molecule has 0 bridgehead atoms. The molecular weight excluding hydrogens is 310 g/mol. The van der Waals surface area contributed by atoms with Crippen molar-refractivity contribution in [2.24, 2.45) is 0 Å². The van der Waals surface area contributed by atoms with Crippen LogP contribution in [0.2, 0.25) is 0 Å². The number of nitro benzene ring substituents is 1. The first kappa shape index (κ1) is 17.1. The Balaban J connectivity index is 2.06. The van der Waals surface area contributed by atoms with Crippen molar-refractivity contribution >= 4 is 17.5 Å². The van der Waals surface area contributed by atoms with Crippen LogP contribution in [0.4, 0.5) is 5.69 Å². The van der Waals surface area contributed by atoms with E-state index in [9.17, 15) is 19.7 Å². The van der Waals surface area contributed by atoms with Gasteiger partial charge in [-0.1, -0.05) is 25.1 Å². The van der Waals surface area contributed by atoms with Crippen LogP contribution in [0.25, 0.3) is 0 Å². The average Bonchev–Trinajstić information content (AvgIpc) is 2.59. The normalized spacial score (nSPS) is 10.1. The summed E-state index contributed by atoms with van der Waals surface area (Å²) in [4.78, 5) is 34.5. The number of amides is 2. The first-order chi connectivity index (χ1) is 11.4. The highest BCUT2D eigenvalue weighted by Gasteiger charge is 2.18. The smallest absolute Gasteiger partial charge is 0.267 e. The van der Waals surface area contributed by atoms with Crippen LogP contribution in [0.3, 0.4) is 0 Å². The minimum Gasteiger partial charge on any atom is -0.267 e. The van der Waals surface area contributed by atoms with Crippen molar-refractivity contribution in [1.29, 1.82) is 0 Å². The fourth-order valence-corrected chi connectivity index (χ4v) is 2.21. The molecule has 0 aromatic heterocycles. The zero-order valence-electron chi connectivity index (χ0n) is 13.3. The molecule has 7 heteroatoms. The number of hydrogen-bond acceptors (Lipinski definition) is 4. The van der Waals surface area contributed by atoms with Gasteiger partial charge in [-0.15, -0.1) is 0 Å². The first-order valence-electron chi connectivity index (χ1n) is 7.37. The number of hydrogen-bond donors (Lipinski definition) is 2. The van der Waals surface area contributed by atoms with Crippen LogP contribution in [0.1, 0.15) is 38.8 Å². The number of nitro groups is 1. The minimum absolute atomic E-state index is 0.130. The van der Waals surface area contributed by atoms with Crippen LogP contribution >= 0.6 is 0 Å². The molecule has 0 aliphatic carbocycles. The van der Waals surface area contributed by atoms with Gasteiger partial charge in [0.2, 0.25) is 0 Å². The molecular formula is C17H17N3O4. The largest absolute Gasteiger partial charge is 0.273 e. The summed E-state index contributed by atoms with van der Waals surface area (Å²) >= 11 is 0. The summed E-state index contributed by atoms with van der Waals surface area (Å²) in [7, 11) is 0.